The van der Waals surface area contributed by atoms with Gasteiger partial charge in [-0.15, -0.1) is 6.42 Å². The molecule has 0 unspecified atom stereocenters. The van der Waals surface area contributed by atoms with Gasteiger partial charge in [0.15, 0.2) is 0 Å². The molecule has 146 valence electrons. The molecule has 0 aromatic carbocycles. The van der Waals surface area contributed by atoms with Crippen molar-refractivity contribution in [3.63, 3.8) is 0 Å². The van der Waals surface area contributed by atoms with Crippen molar-refractivity contribution in [2.45, 2.75) is 32.2 Å². The van der Waals surface area contributed by atoms with Crippen LogP contribution in [-0.2, 0) is 6.54 Å². The van der Waals surface area contributed by atoms with Gasteiger partial charge in [0.05, 0.1) is 29.0 Å². The van der Waals surface area contributed by atoms with Gasteiger partial charge in [0.2, 0.25) is 5.95 Å². The van der Waals surface area contributed by atoms with E-state index in [0.29, 0.717) is 22.9 Å². The van der Waals surface area contributed by atoms with Gasteiger partial charge < -0.3 is 0 Å². The molecule has 3 aromatic rings. The lowest BCUT2D eigenvalue weighted by molar-refractivity contribution is 0.584. The predicted octanol–water partition coefficient (Wildman–Crippen LogP) is 3.07. The molecule has 0 spiro atoms. The molecule has 0 saturated heterocycles. The first-order valence-corrected chi connectivity index (χ1v) is 9.36. The van der Waals surface area contributed by atoms with Crippen molar-refractivity contribution in [3.05, 3.63) is 73.8 Å². The molecule has 0 atom stereocenters. The number of terminal acetylenes is 1. The first-order chi connectivity index (χ1) is 13.9. The third-order valence-corrected chi connectivity index (χ3v) is 5.26. The second-order valence-corrected chi connectivity index (χ2v) is 7.33. The van der Waals surface area contributed by atoms with Gasteiger partial charge in [-0.3, -0.25) is 14.3 Å². The molecule has 0 radical (unpaired) electrons. The Morgan fingerprint density at radius 3 is 2.69 bits per heavy atom. The zero-order valence-corrected chi connectivity index (χ0v) is 16.3. The van der Waals surface area contributed by atoms with Crippen LogP contribution in [0.15, 0.2) is 40.3 Å². The van der Waals surface area contributed by atoms with Gasteiger partial charge in [-0.05, 0) is 43.4 Å². The maximum atomic E-state index is 13.5. The van der Waals surface area contributed by atoms with Crippen molar-refractivity contribution in [2.75, 3.05) is 0 Å². The van der Waals surface area contributed by atoms with Crippen LogP contribution < -0.4 is 11.2 Å². The zero-order chi connectivity index (χ0) is 20.7. The van der Waals surface area contributed by atoms with Gasteiger partial charge in [0.25, 0.3) is 5.56 Å². The minimum absolute atomic E-state index is 0.0317. The fourth-order valence-electron chi connectivity index (χ4n) is 3.36. The maximum Gasteiger partial charge on any atom is 0.336 e. The minimum atomic E-state index is -0.841. The normalized spacial score (nSPS) is 13.3. The molecule has 0 bridgehead atoms. The second kappa shape index (κ2) is 7.30. The standard InChI is InChI=1S/C21H16ClFN4O2/c1-3-6-26-12(2)18(15-8-17(22)19(23)25-10-15)20(28)27(21(26)29)16-7-14(9-24-11-16)13-4-5-13/h1,7-11,13H,4-6H2,2H3. The summed E-state index contributed by atoms with van der Waals surface area (Å²) >= 11 is 5.86. The molecule has 0 aliphatic heterocycles. The number of pyridine rings is 2. The van der Waals surface area contributed by atoms with Crippen LogP contribution in [0.1, 0.15) is 30.0 Å². The van der Waals surface area contributed by atoms with Crippen LogP contribution in [0.4, 0.5) is 4.39 Å². The summed E-state index contributed by atoms with van der Waals surface area (Å²) in [5.41, 5.74) is 1.02. The van der Waals surface area contributed by atoms with E-state index < -0.39 is 17.2 Å². The number of nitrogens with zero attached hydrogens (tertiary/aromatic N) is 4. The molecule has 1 aliphatic rings. The molecule has 3 aromatic heterocycles. The van der Waals surface area contributed by atoms with Crippen molar-refractivity contribution in [1.29, 1.82) is 0 Å². The first kappa shape index (κ1) is 19.1. The summed E-state index contributed by atoms with van der Waals surface area (Å²) in [4.78, 5) is 34.3. The third-order valence-electron chi connectivity index (χ3n) is 4.99. The zero-order valence-electron chi connectivity index (χ0n) is 15.5. The van der Waals surface area contributed by atoms with E-state index in [1.54, 1.807) is 19.2 Å². The summed E-state index contributed by atoms with van der Waals surface area (Å²) in [7, 11) is 0. The Hall–Kier alpha value is -3.24. The minimum Gasteiger partial charge on any atom is -0.285 e. The van der Waals surface area contributed by atoms with E-state index in [2.05, 4.69) is 15.9 Å². The largest absolute Gasteiger partial charge is 0.336 e. The highest BCUT2D eigenvalue weighted by Gasteiger charge is 2.25. The SMILES string of the molecule is C#CCn1c(C)c(-c2cnc(F)c(Cl)c2)c(=O)n(-c2cncc(C3CC3)c2)c1=O. The molecular weight excluding hydrogens is 395 g/mol. The Kier molecular flexibility index (Phi) is 4.81. The average molecular weight is 411 g/mol. The highest BCUT2D eigenvalue weighted by atomic mass is 35.5. The van der Waals surface area contributed by atoms with Crippen LogP contribution in [0.5, 0.6) is 0 Å². The van der Waals surface area contributed by atoms with Gasteiger partial charge in [-0.1, -0.05) is 17.5 Å². The lowest BCUT2D eigenvalue weighted by atomic mass is 10.1. The van der Waals surface area contributed by atoms with E-state index >= 15 is 0 Å². The van der Waals surface area contributed by atoms with Gasteiger partial charge in [-0.25, -0.2) is 14.3 Å². The van der Waals surface area contributed by atoms with E-state index in [1.165, 1.54) is 23.0 Å². The van der Waals surface area contributed by atoms with E-state index in [-0.39, 0.29) is 17.1 Å². The Balaban J connectivity index is 2.03. The Morgan fingerprint density at radius 1 is 1.28 bits per heavy atom. The molecule has 3 heterocycles. The summed E-state index contributed by atoms with van der Waals surface area (Å²) in [5.74, 6) is 1.99. The van der Waals surface area contributed by atoms with E-state index in [9.17, 15) is 14.0 Å². The van der Waals surface area contributed by atoms with Crippen molar-refractivity contribution in [1.82, 2.24) is 19.1 Å². The summed E-state index contributed by atoms with van der Waals surface area (Å²) in [6.07, 6.45) is 12.0. The van der Waals surface area contributed by atoms with E-state index in [0.717, 1.165) is 23.0 Å². The van der Waals surface area contributed by atoms with E-state index in [1.807, 2.05) is 0 Å². The Morgan fingerprint density at radius 2 is 2.03 bits per heavy atom. The van der Waals surface area contributed by atoms with Crippen molar-refractivity contribution in [2.24, 2.45) is 0 Å². The maximum absolute atomic E-state index is 13.5. The third kappa shape index (κ3) is 3.36. The van der Waals surface area contributed by atoms with Crippen LogP contribution in [0, 0.1) is 25.2 Å². The summed E-state index contributed by atoms with van der Waals surface area (Å²) in [6.45, 7) is 1.58. The number of hydrogen-bond acceptors (Lipinski definition) is 4. The van der Waals surface area contributed by atoms with Crippen LogP contribution >= 0.6 is 11.6 Å². The Bertz CT molecular complexity index is 1290. The highest BCUT2D eigenvalue weighted by Crippen LogP contribution is 2.40. The summed E-state index contributed by atoms with van der Waals surface area (Å²) in [6, 6.07) is 3.10. The summed E-state index contributed by atoms with van der Waals surface area (Å²) < 4.78 is 15.9. The smallest absolute Gasteiger partial charge is 0.285 e. The lowest BCUT2D eigenvalue weighted by Gasteiger charge is -2.16. The molecule has 4 rings (SSSR count). The highest BCUT2D eigenvalue weighted by molar-refractivity contribution is 6.30. The number of hydrogen-bond donors (Lipinski definition) is 0. The molecule has 0 amide bonds. The molecule has 8 heteroatoms. The topological polar surface area (TPSA) is 69.8 Å². The molecule has 1 aliphatic carbocycles. The second-order valence-electron chi connectivity index (χ2n) is 6.92. The van der Waals surface area contributed by atoms with Crippen molar-refractivity contribution in [3.8, 4) is 29.2 Å². The van der Waals surface area contributed by atoms with Crippen LogP contribution in [0.3, 0.4) is 0 Å². The van der Waals surface area contributed by atoms with Gasteiger partial charge in [-0.2, -0.15) is 4.39 Å². The molecule has 0 N–H and O–H groups in total. The lowest BCUT2D eigenvalue weighted by Crippen LogP contribution is -2.41. The van der Waals surface area contributed by atoms with Gasteiger partial charge in [0, 0.05) is 23.7 Å². The number of rotatable bonds is 4. The average Bonchev–Trinajstić information content (AvgIpc) is 3.54. The van der Waals surface area contributed by atoms with Crippen molar-refractivity contribution < 1.29 is 4.39 Å². The van der Waals surface area contributed by atoms with Gasteiger partial charge >= 0.3 is 5.69 Å². The quantitative estimate of drug-likeness (QED) is 0.489. The molecular formula is C21H16ClFN4O2. The fourth-order valence-corrected chi connectivity index (χ4v) is 3.52. The molecule has 1 saturated carbocycles. The first-order valence-electron chi connectivity index (χ1n) is 8.99. The number of halogens is 2. The molecule has 29 heavy (non-hydrogen) atoms. The van der Waals surface area contributed by atoms with E-state index in [4.69, 9.17) is 18.0 Å². The fraction of sp³-hybridized carbons (Fsp3) is 0.238. The Labute approximate surface area is 170 Å². The number of aromatic nitrogens is 4. The predicted molar refractivity (Wildman–Crippen MR) is 108 cm³/mol. The summed E-state index contributed by atoms with van der Waals surface area (Å²) in [5, 5.41) is -0.222. The monoisotopic (exact) mass is 410 g/mol. The van der Waals surface area contributed by atoms with Crippen LogP contribution in [0.25, 0.3) is 16.8 Å². The van der Waals surface area contributed by atoms with Gasteiger partial charge in [0.1, 0.15) is 0 Å². The van der Waals surface area contributed by atoms with Crippen molar-refractivity contribution >= 4 is 11.6 Å². The van der Waals surface area contributed by atoms with Crippen LogP contribution in [-0.4, -0.2) is 19.1 Å². The van der Waals surface area contributed by atoms with Crippen LogP contribution in [0.2, 0.25) is 5.02 Å². The molecule has 6 nitrogen and oxygen atoms in total. The molecule has 1 fully saturated rings.